The summed E-state index contributed by atoms with van der Waals surface area (Å²) in [7, 11) is 0. The molecule has 0 saturated carbocycles. The smallest absolute Gasteiger partial charge is 0.164 e. The zero-order valence-electron chi connectivity index (χ0n) is 40.5. The SMILES string of the molecule is c1ccc(-c2nc(-c3ccccc3)nc(-c3ccc4c(c3)C3c5ccccc5C4c4cc(-c5nc(-c6ccccc6)nc(-c6ccc(-c7ccc8c9ccccc9n(-c9ccccc9)c8c7)cc6)n5)ccc43)n2)cc1. The summed E-state index contributed by atoms with van der Waals surface area (Å²) in [4.78, 5) is 30.8. The van der Waals surface area contributed by atoms with Gasteiger partial charge in [-0.1, -0.05) is 212 Å². The van der Waals surface area contributed by atoms with Gasteiger partial charge in [0, 0.05) is 61.7 Å². The Morgan fingerprint density at radius 2 is 0.573 bits per heavy atom. The quantitative estimate of drug-likeness (QED) is 0.151. The maximum Gasteiger partial charge on any atom is 0.164 e. The van der Waals surface area contributed by atoms with Crippen LogP contribution in [-0.2, 0) is 0 Å². The molecule has 13 aromatic rings. The summed E-state index contributed by atoms with van der Waals surface area (Å²) in [5, 5.41) is 2.46. The summed E-state index contributed by atoms with van der Waals surface area (Å²) in [5.41, 5.74) is 19.2. The first-order valence-corrected chi connectivity index (χ1v) is 25.4. The fraction of sp³-hybridized carbons (Fsp3) is 0.0294. The monoisotopic (exact) mass is 957 g/mol. The topological polar surface area (TPSA) is 82.3 Å². The Kier molecular flexibility index (Phi) is 9.88. The second-order valence-corrected chi connectivity index (χ2v) is 19.4. The Morgan fingerprint density at radius 1 is 0.227 bits per heavy atom. The van der Waals surface area contributed by atoms with Crippen molar-refractivity contribution >= 4 is 21.8 Å². The molecular formula is C68H43N7. The second-order valence-electron chi connectivity index (χ2n) is 19.4. The van der Waals surface area contributed by atoms with Crippen LogP contribution in [0.15, 0.2) is 249 Å². The average Bonchev–Trinajstić information content (AvgIpc) is 3.89. The van der Waals surface area contributed by atoms with Gasteiger partial charge in [-0.25, -0.2) is 29.9 Å². The van der Waals surface area contributed by atoms with Crippen molar-refractivity contribution in [1.29, 1.82) is 0 Å². The number of rotatable bonds is 8. The first-order chi connectivity index (χ1) is 37.2. The van der Waals surface area contributed by atoms with Gasteiger partial charge in [0.05, 0.1) is 11.0 Å². The number of benzene rings is 10. The van der Waals surface area contributed by atoms with E-state index in [2.05, 4.69) is 174 Å². The molecule has 10 aromatic carbocycles. The lowest BCUT2D eigenvalue weighted by atomic mass is 9.61. The number of fused-ring (bicyclic) bond motifs is 3. The molecule has 0 aliphatic heterocycles. The molecule has 0 saturated heterocycles. The molecule has 2 bridgehead atoms. The van der Waals surface area contributed by atoms with Gasteiger partial charge in [-0.2, -0.15) is 0 Å². The Labute approximate surface area is 433 Å². The predicted molar refractivity (Wildman–Crippen MR) is 300 cm³/mol. The van der Waals surface area contributed by atoms with E-state index in [1.165, 1.54) is 55.2 Å². The van der Waals surface area contributed by atoms with E-state index in [1.807, 2.05) is 78.9 Å². The van der Waals surface area contributed by atoms with Crippen molar-refractivity contribution in [3.05, 3.63) is 282 Å². The number of aromatic nitrogens is 7. The number of para-hydroxylation sites is 2. The van der Waals surface area contributed by atoms with Gasteiger partial charge in [-0.15, -0.1) is 0 Å². The van der Waals surface area contributed by atoms with Crippen molar-refractivity contribution in [2.75, 3.05) is 0 Å². The minimum atomic E-state index is 0.0129. The lowest BCUT2D eigenvalue weighted by Crippen LogP contribution is -2.27. The van der Waals surface area contributed by atoms with Crippen molar-refractivity contribution in [3.8, 4) is 85.1 Å². The first-order valence-electron chi connectivity index (χ1n) is 25.4. The third-order valence-corrected chi connectivity index (χ3v) is 15.1. The molecule has 0 spiro atoms. The van der Waals surface area contributed by atoms with Gasteiger partial charge in [0.15, 0.2) is 34.9 Å². The highest BCUT2D eigenvalue weighted by molar-refractivity contribution is 6.10. The molecule has 2 unspecified atom stereocenters. The van der Waals surface area contributed by atoms with E-state index < -0.39 is 0 Å². The van der Waals surface area contributed by atoms with Crippen LogP contribution in [0.1, 0.15) is 45.2 Å². The fourth-order valence-corrected chi connectivity index (χ4v) is 11.6. The molecule has 0 fully saturated rings. The van der Waals surface area contributed by atoms with Crippen molar-refractivity contribution in [1.82, 2.24) is 34.5 Å². The van der Waals surface area contributed by atoms with Gasteiger partial charge in [0.2, 0.25) is 0 Å². The maximum atomic E-state index is 5.27. The molecule has 350 valence electrons. The van der Waals surface area contributed by atoms with E-state index in [9.17, 15) is 0 Å². The summed E-state index contributed by atoms with van der Waals surface area (Å²) in [6, 6.07) is 87.7. The van der Waals surface area contributed by atoms with Gasteiger partial charge in [0.25, 0.3) is 0 Å². The summed E-state index contributed by atoms with van der Waals surface area (Å²) in [5.74, 6) is 3.86. The zero-order chi connectivity index (χ0) is 49.4. The molecule has 0 amide bonds. The molecule has 2 atom stereocenters. The van der Waals surface area contributed by atoms with Crippen LogP contribution in [0.2, 0.25) is 0 Å². The summed E-state index contributed by atoms with van der Waals surface area (Å²) in [6.07, 6.45) is 0. The molecule has 75 heavy (non-hydrogen) atoms. The Balaban J connectivity index is 0.811. The average molecular weight is 958 g/mol. The van der Waals surface area contributed by atoms with Crippen molar-refractivity contribution in [2.45, 2.75) is 11.8 Å². The standard InChI is InChI=1S/C68H43N7/c1-5-17-43(18-6-1)63-69-64(44-19-7-2-8-20-44)72-67(71-63)48-34-37-55-57(39-48)61-53-26-13-14-27-54(53)62(55)58-40-49(35-38-56(58)61)68-73-65(45-21-9-3-10-22-45)70-66(74-68)46-31-29-42(30-32-46)47-33-36-52-51-25-15-16-28-59(51)75(60(52)41-47)50-23-11-4-12-24-50/h1-41,61-62H. The van der Waals surface area contributed by atoms with Crippen LogP contribution in [0, 0.1) is 0 Å². The molecule has 7 heteroatoms. The Morgan fingerprint density at radius 3 is 1.07 bits per heavy atom. The highest BCUT2D eigenvalue weighted by Gasteiger charge is 2.41. The van der Waals surface area contributed by atoms with Crippen LogP contribution in [0.3, 0.4) is 0 Å². The third kappa shape index (κ3) is 7.19. The molecular weight excluding hydrogens is 915 g/mol. The van der Waals surface area contributed by atoms with E-state index in [0.717, 1.165) is 50.2 Å². The molecule has 7 nitrogen and oxygen atoms in total. The zero-order valence-corrected chi connectivity index (χ0v) is 40.5. The second kappa shape index (κ2) is 17.4. The highest BCUT2D eigenvalue weighted by atomic mass is 15.0. The number of hydrogen-bond donors (Lipinski definition) is 0. The van der Waals surface area contributed by atoms with Gasteiger partial charge in [-0.05, 0) is 80.9 Å². The van der Waals surface area contributed by atoms with Crippen molar-refractivity contribution in [3.63, 3.8) is 0 Å². The predicted octanol–water partition coefficient (Wildman–Crippen LogP) is 15.8. The van der Waals surface area contributed by atoms with Crippen LogP contribution in [0.25, 0.3) is 107 Å². The lowest BCUT2D eigenvalue weighted by molar-refractivity contribution is 0.754. The largest absolute Gasteiger partial charge is 0.309 e. The van der Waals surface area contributed by atoms with Gasteiger partial charge in [-0.3, -0.25) is 0 Å². The van der Waals surface area contributed by atoms with E-state index in [0.29, 0.717) is 34.9 Å². The first kappa shape index (κ1) is 42.7. The minimum absolute atomic E-state index is 0.0129. The van der Waals surface area contributed by atoms with E-state index >= 15 is 0 Å². The van der Waals surface area contributed by atoms with Crippen LogP contribution in [0.5, 0.6) is 0 Å². The Bertz CT molecular complexity index is 4290. The maximum absolute atomic E-state index is 5.27. The molecule has 0 radical (unpaired) electrons. The van der Waals surface area contributed by atoms with E-state index in [-0.39, 0.29) is 11.8 Å². The van der Waals surface area contributed by atoms with Crippen LogP contribution in [0.4, 0.5) is 0 Å². The van der Waals surface area contributed by atoms with Gasteiger partial charge in [0.1, 0.15) is 0 Å². The Hall–Kier alpha value is -9.98. The normalized spacial score (nSPS) is 14.1. The molecule has 3 aliphatic rings. The molecule has 3 aromatic heterocycles. The molecule has 0 N–H and O–H groups in total. The lowest BCUT2D eigenvalue weighted by Gasteiger charge is -2.42. The van der Waals surface area contributed by atoms with Crippen molar-refractivity contribution in [2.24, 2.45) is 0 Å². The van der Waals surface area contributed by atoms with Crippen LogP contribution in [-0.4, -0.2) is 34.5 Å². The fourth-order valence-electron chi connectivity index (χ4n) is 11.6. The van der Waals surface area contributed by atoms with Gasteiger partial charge < -0.3 is 4.57 Å². The van der Waals surface area contributed by atoms with E-state index in [4.69, 9.17) is 29.9 Å². The van der Waals surface area contributed by atoms with E-state index in [1.54, 1.807) is 0 Å². The third-order valence-electron chi connectivity index (χ3n) is 15.1. The molecule has 16 rings (SSSR count). The molecule has 3 heterocycles. The van der Waals surface area contributed by atoms with Crippen molar-refractivity contribution < 1.29 is 0 Å². The van der Waals surface area contributed by atoms with Crippen LogP contribution < -0.4 is 0 Å². The summed E-state index contributed by atoms with van der Waals surface area (Å²) >= 11 is 0. The summed E-state index contributed by atoms with van der Waals surface area (Å²) < 4.78 is 2.36. The molecule has 3 aliphatic carbocycles. The number of nitrogens with zero attached hydrogens (tertiary/aromatic N) is 7. The highest BCUT2D eigenvalue weighted by Crippen LogP contribution is 2.56. The van der Waals surface area contributed by atoms with Gasteiger partial charge >= 0.3 is 0 Å². The minimum Gasteiger partial charge on any atom is -0.309 e. The van der Waals surface area contributed by atoms with Crippen LogP contribution >= 0.6 is 0 Å². The summed E-state index contributed by atoms with van der Waals surface area (Å²) in [6.45, 7) is 0. The number of hydrogen-bond acceptors (Lipinski definition) is 6.